The maximum atomic E-state index is 13.3. The number of carbonyl (C=O) groups is 1. The highest BCUT2D eigenvalue weighted by Crippen LogP contribution is 2.30. The van der Waals surface area contributed by atoms with Crippen LogP contribution in [0.2, 0.25) is 0 Å². The molecule has 14 nitrogen and oxygen atoms in total. The summed E-state index contributed by atoms with van der Waals surface area (Å²) in [5, 5.41) is 87.4. The number of allylic oxidation sites excluding steroid dienone is 12. The molecule has 0 aromatic heterocycles. The minimum atomic E-state index is -1.78. The number of ether oxygens (including phenoxy) is 4. The van der Waals surface area contributed by atoms with Crippen molar-refractivity contribution in [3.05, 3.63) is 72.9 Å². The zero-order valence-corrected chi connectivity index (χ0v) is 51.5. The number of aliphatic hydroxyl groups excluding tert-OH is 8. The van der Waals surface area contributed by atoms with Gasteiger partial charge < -0.3 is 65.1 Å². The van der Waals surface area contributed by atoms with E-state index in [-0.39, 0.29) is 12.5 Å². The molecule has 2 aliphatic heterocycles. The molecule has 0 aliphatic carbocycles. The van der Waals surface area contributed by atoms with Crippen LogP contribution in [-0.2, 0) is 23.7 Å². The molecule has 2 aliphatic rings. The first-order chi connectivity index (χ1) is 40.1. The molecule has 2 heterocycles. The second-order valence-electron chi connectivity index (χ2n) is 23.2. The van der Waals surface area contributed by atoms with Gasteiger partial charge in [-0.1, -0.05) is 260 Å². The van der Waals surface area contributed by atoms with Gasteiger partial charge in [0.05, 0.1) is 32.0 Å². The van der Waals surface area contributed by atoms with Gasteiger partial charge in [0.25, 0.3) is 0 Å². The number of aliphatic hydroxyl groups is 8. The van der Waals surface area contributed by atoms with E-state index in [0.717, 1.165) is 89.9 Å². The van der Waals surface area contributed by atoms with E-state index in [4.69, 9.17) is 18.9 Å². The molecule has 1 amide bonds. The van der Waals surface area contributed by atoms with Gasteiger partial charge in [-0.15, -0.1) is 0 Å². The first-order valence-corrected chi connectivity index (χ1v) is 33.2. The highest BCUT2D eigenvalue weighted by Gasteiger charge is 2.51. The average molecular weight is 1160 g/mol. The zero-order valence-electron chi connectivity index (χ0n) is 51.5. The number of hydrogen-bond donors (Lipinski definition) is 9. The minimum absolute atomic E-state index is 0.208. The quantitative estimate of drug-likeness (QED) is 0.0204. The SMILES string of the molecule is CC/C=C\C/C=C\C/C=C\C/C=C\C/C=C\C/C=C\CCCCCCCCCCCCCCCCC(=O)NC(COC1OC(CO)C(OC2OC(CO)C(O)C(O)C2O)C(O)C1O)C(O)CCCCCCCCCCCCCCCCC. The Bertz CT molecular complexity index is 1650. The third-order valence-corrected chi connectivity index (χ3v) is 15.9. The summed E-state index contributed by atoms with van der Waals surface area (Å²) < 4.78 is 22.9. The van der Waals surface area contributed by atoms with Gasteiger partial charge in [0.1, 0.15) is 48.8 Å². The van der Waals surface area contributed by atoms with Crippen molar-refractivity contribution in [2.24, 2.45) is 0 Å². The summed E-state index contributed by atoms with van der Waals surface area (Å²) in [6.45, 7) is 2.76. The van der Waals surface area contributed by atoms with Crippen molar-refractivity contribution in [1.29, 1.82) is 0 Å². The first kappa shape index (κ1) is 75.5. The summed E-state index contributed by atoms with van der Waals surface area (Å²) in [5.41, 5.74) is 0. The molecule has 9 N–H and O–H groups in total. The second kappa shape index (κ2) is 52.7. The minimum Gasteiger partial charge on any atom is -0.394 e. The third-order valence-electron chi connectivity index (χ3n) is 15.9. The van der Waals surface area contributed by atoms with E-state index < -0.39 is 86.8 Å². The van der Waals surface area contributed by atoms with Crippen LogP contribution >= 0.6 is 0 Å². The first-order valence-electron chi connectivity index (χ1n) is 33.2. The molecular formula is C68H121NO13. The number of nitrogens with one attached hydrogen (secondary N) is 1. The topological polar surface area (TPSA) is 228 Å². The lowest BCUT2D eigenvalue weighted by Crippen LogP contribution is -2.65. The Labute approximate surface area is 498 Å². The van der Waals surface area contributed by atoms with Crippen LogP contribution in [0.5, 0.6) is 0 Å². The van der Waals surface area contributed by atoms with E-state index in [1.165, 1.54) is 141 Å². The molecular weight excluding hydrogens is 1040 g/mol. The van der Waals surface area contributed by atoms with E-state index in [0.29, 0.717) is 12.8 Å². The van der Waals surface area contributed by atoms with Gasteiger partial charge in [-0.05, 0) is 64.2 Å². The molecule has 82 heavy (non-hydrogen) atoms. The van der Waals surface area contributed by atoms with Gasteiger partial charge in [0.15, 0.2) is 12.6 Å². The summed E-state index contributed by atoms with van der Waals surface area (Å²) >= 11 is 0. The maximum Gasteiger partial charge on any atom is 0.220 e. The molecule has 12 atom stereocenters. The van der Waals surface area contributed by atoms with Crippen LogP contribution in [0.3, 0.4) is 0 Å². The fraction of sp³-hybridized carbons (Fsp3) is 0.809. The normalized spacial score (nSPS) is 24.4. The molecule has 0 aromatic carbocycles. The van der Waals surface area contributed by atoms with Crippen molar-refractivity contribution in [3.8, 4) is 0 Å². The van der Waals surface area contributed by atoms with E-state index in [1.807, 2.05) is 0 Å². The van der Waals surface area contributed by atoms with E-state index in [1.54, 1.807) is 0 Å². The van der Waals surface area contributed by atoms with Gasteiger partial charge in [0, 0.05) is 6.42 Å². The Morgan fingerprint density at radius 1 is 0.451 bits per heavy atom. The molecule has 0 aromatic rings. The van der Waals surface area contributed by atoms with Gasteiger partial charge in [-0.2, -0.15) is 0 Å². The Morgan fingerprint density at radius 2 is 0.841 bits per heavy atom. The van der Waals surface area contributed by atoms with Crippen LogP contribution in [0.15, 0.2) is 72.9 Å². The van der Waals surface area contributed by atoms with Crippen LogP contribution in [0.25, 0.3) is 0 Å². The fourth-order valence-electron chi connectivity index (χ4n) is 10.7. The van der Waals surface area contributed by atoms with Crippen molar-refractivity contribution >= 4 is 5.91 Å². The summed E-state index contributed by atoms with van der Waals surface area (Å²) in [5.74, 6) is -0.208. The lowest BCUT2D eigenvalue weighted by atomic mass is 9.97. The van der Waals surface area contributed by atoms with E-state index in [2.05, 4.69) is 92.1 Å². The molecule has 0 bridgehead atoms. The van der Waals surface area contributed by atoms with Crippen molar-refractivity contribution < 1.29 is 64.6 Å². The number of unbranched alkanes of at least 4 members (excludes halogenated alkanes) is 28. The van der Waals surface area contributed by atoms with Crippen LogP contribution in [0.1, 0.15) is 258 Å². The van der Waals surface area contributed by atoms with Gasteiger partial charge >= 0.3 is 0 Å². The standard InChI is InChI=1S/C68H121NO13/c1-3-5-7-9-11-13-15-17-19-20-21-22-23-24-25-26-27-28-29-30-31-32-33-34-35-36-38-40-42-44-46-48-50-52-60(73)69-56(57(72)51-49-47-45-43-41-39-37-18-16-14-12-10-8-6-4-2)55-79-67-65(78)63(76)66(59(54-71)81-67)82-68-64(77)62(75)61(74)58(53-70)80-68/h5,7,11,13,17,19,21-22,24-25,27-28,56-59,61-68,70-72,74-78H,3-4,6,8-10,12,14-16,18,20,23,26,29-55H2,1-2H3,(H,69,73)/b7-5-,13-11-,19-17-,22-21-,25-24-,28-27-. The van der Waals surface area contributed by atoms with Crippen molar-refractivity contribution in [2.45, 2.75) is 331 Å². The van der Waals surface area contributed by atoms with Crippen molar-refractivity contribution in [3.63, 3.8) is 0 Å². The highest BCUT2D eigenvalue weighted by molar-refractivity contribution is 5.76. The Hall–Kier alpha value is -2.57. The lowest BCUT2D eigenvalue weighted by Gasteiger charge is -2.46. The van der Waals surface area contributed by atoms with Crippen LogP contribution in [0, 0.1) is 0 Å². The molecule has 476 valence electrons. The number of rotatable bonds is 53. The van der Waals surface area contributed by atoms with Crippen molar-refractivity contribution in [2.75, 3.05) is 19.8 Å². The van der Waals surface area contributed by atoms with Gasteiger partial charge in [-0.25, -0.2) is 0 Å². The Morgan fingerprint density at radius 3 is 1.29 bits per heavy atom. The zero-order chi connectivity index (χ0) is 59.5. The predicted molar refractivity (Wildman–Crippen MR) is 332 cm³/mol. The number of carbonyl (C=O) groups excluding carboxylic acids is 1. The highest BCUT2D eigenvalue weighted by atomic mass is 16.7. The number of amides is 1. The Balaban J connectivity index is 1.64. The second-order valence-corrected chi connectivity index (χ2v) is 23.2. The smallest absolute Gasteiger partial charge is 0.220 e. The predicted octanol–water partition coefficient (Wildman–Crippen LogP) is 12.7. The number of hydrogen-bond acceptors (Lipinski definition) is 13. The lowest BCUT2D eigenvalue weighted by molar-refractivity contribution is -0.359. The Kier molecular flexibility index (Phi) is 48.6. The molecule has 12 unspecified atom stereocenters. The van der Waals surface area contributed by atoms with Gasteiger partial charge in [0.2, 0.25) is 5.91 Å². The molecule has 2 fully saturated rings. The molecule has 0 spiro atoms. The van der Waals surface area contributed by atoms with Crippen LogP contribution in [-0.4, -0.2) is 140 Å². The summed E-state index contributed by atoms with van der Waals surface area (Å²) in [4.78, 5) is 13.3. The molecule has 0 saturated carbocycles. The van der Waals surface area contributed by atoms with Crippen LogP contribution < -0.4 is 5.32 Å². The van der Waals surface area contributed by atoms with E-state index >= 15 is 0 Å². The van der Waals surface area contributed by atoms with Crippen molar-refractivity contribution in [1.82, 2.24) is 5.32 Å². The summed E-state index contributed by atoms with van der Waals surface area (Å²) in [6, 6.07) is -0.832. The molecule has 14 heteroatoms. The average Bonchev–Trinajstić information content (AvgIpc) is 3.60. The molecule has 2 saturated heterocycles. The molecule has 0 radical (unpaired) electrons. The van der Waals surface area contributed by atoms with Gasteiger partial charge in [-0.3, -0.25) is 4.79 Å². The fourth-order valence-corrected chi connectivity index (χ4v) is 10.7. The molecule has 2 rings (SSSR count). The largest absolute Gasteiger partial charge is 0.394 e. The summed E-state index contributed by atoms with van der Waals surface area (Å²) in [7, 11) is 0. The summed E-state index contributed by atoms with van der Waals surface area (Å²) in [6.07, 6.45) is 53.4. The third kappa shape index (κ3) is 37.1. The maximum absolute atomic E-state index is 13.3. The van der Waals surface area contributed by atoms with E-state index in [9.17, 15) is 45.6 Å². The van der Waals surface area contributed by atoms with Crippen LogP contribution in [0.4, 0.5) is 0 Å². The monoisotopic (exact) mass is 1160 g/mol.